The number of hydrogen-bond acceptors (Lipinski definition) is 2. The smallest absolute Gasteiger partial charge is 0.0640 e. The van der Waals surface area contributed by atoms with Crippen LogP contribution in [0.15, 0.2) is 127 Å². The van der Waals surface area contributed by atoms with Crippen LogP contribution in [0.4, 0.5) is 17.1 Å². The van der Waals surface area contributed by atoms with E-state index >= 15 is 0 Å². The molecule has 0 aliphatic rings. The summed E-state index contributed by atoms with van der Waals surface area (Å²) in [5.41, 5.74) is 3.54. The molecule has 0 unspecified atom stereocenters. The summed E-state index contributed by atoms with van der Waals surface area (Å²) >= 11 is 1.88. The zero-order valence-corrected chi connectivity index (χ0v) is 19.3. The van der Waals surface area contributed by atoms with Gasteiger partial charge in [-0.2, -0.15) is 0 Å². The number of rotatable bonds is 3. The summed E-state index contributed by atoms with van der Waals surface area (Å²) in [5, 5.41) is 7.78. The van der Waals surface area contributed by atoms with Gasteiger partial charge in [-0.05, 0) is 57.9 Å². The summed E-state index contributed by atoms with van der Waals surface area (Å²) in [4.78, 5) is 2.40. The van der Waals surface area contributed by atoms with E-state index in [9.17, 15) is 0 Å². The molecule has 34 heavy (non-hydrogen) atoms. The third-order valence-electron chi connectivity index (χ3n) is 6.61. The van der Waals surface area contributed by atoms with Crippen molar-refractivity contribution in [2.45, 2.75) is 0 Å². The molecule has 6 aromatic carbocycles. The maximum atomic E-state index is 2.40. The van der Waals surface area contributed by atoms with Crippen molar-refractivity contribution in [3.05, 3.63) is 127 Å². The lowest BCUT2D eigenvalue weighted by atomic mass is 10.0. The molecule has 2 heteroatoms. The lowest BCUT2D eigenvalue weighted by Crippen LogP contribution is -2.09. The van der Waals surface area contributed by atoms with Gasteiger partial charge in [0, 0.05) is 26.8 Å². The van der Waals surface area contributed by atoms with Crippen LogP contribution < -0.4 is 4.90 Å². The molecule has 0 radical (unpaired) electrons. The van der Waals surface area contributed by atoms with Crippen LogP contribution in [0, 0.1) is 0 Å². The topological polar surface area (TPSA) is 3.24 Å². The molecular formula is C32H21NS. The molecule has 0 aliphatic carbocycles. The maximum Gasteiger partial charge on any atom is 0.0640 e. The molecule has 0 atom stereocenters. The van der Waals surface area contributed by atoms with Gasteiger partial charge in [0.2, 0.25) is 0 Å². The lowest BCUT2D eigenvalue weighted by molar-refractivity contribution is 1.31. The average molecular weight is 452 g/mol. The van der Waals surface area contributed by atoms with Crippen molar-refractivity contribution >= 4 is 70.1 Å². The van der Waals surface area contributed by atoms with Gasteiger partial charge in [-0.1, -0.05) is 91.0 Å². The van der Waals surface area contributed by atoms with Crippen LogP contribution in [0.5, 0.6) is 0 Å². The second-order valence-corrected chi connectivity index (χ2v) is 9.67. The van der Waals surface area contributed by atoms with Crippen molar-refractivity contribution in [2.24, 2.45) is 0 Å². The molecule has 0 bridgehead atoms. The summed E-state index contributed by atoms with van der Waals surface area (Å²) in [6, 6.07) is 45.9. The molecule has 1 aromatic heterocycles. The highest BCUT2D eigenvalue weighted by atomic mass is 32.1. The Balaban J connectivity index is 1.54. The van der Waals surface area contributed by atoms with Crippen molar-refractivity contribution in [3.8, 4) is 0 Å². The van der Waals surface area contributed by atoms with Crippen LogP contribution in [0.3, 0.4) is 0 Å². The third-order valence-corrected chi connectivity index (χ3v) is 7.81. The highest BCUT2D eigenvalue weighted by Gasteiger charge is 2.18. The van der Waals surface area contributed by atoms with E-state index in [1.54, 1.807) is 0 Å². The molecule has 7 rings (SSSR count). The van der Waals surface area contributed by atoms with Crippen molar-refractivity contribution < 1.29 is 0 Å². The Kier molecular flexibility index (Phi) is 4.39. The van der Waals surface area contributed by atoms with Gasteiger partial charge in [0.1, 0.15) is 0 Å². The van der Waals surface area contributed by atoms with E-state index in [2.05, 4.69) is 132 Å². The van der Waals surface area contributed by atoms with Crippen LogP contribution in [0.1, 0.15) is 0 Å². The normalized spacial score (nSPS) is 11.5. The van der Waals surface area contributed by atoms with Crippen molar-refractivity contribution in [1.29, 1.82) is 0 Å². The van der Waals surface area contributed by atoms with Gasteiger partial charge in [0.15, 0.2) is 0 Å². The monoisotopic (exact) mass is 451 g/mol. The van der Waals surface area contributed by atoms with Gasteiger partial charge in [-0.3, -0.25) is 0 Å². The van der Waals surface area contributed by atoms with E-state index in [0.717, 1.165) is 5.69 Å². The molecule has 0 saturated carbocycles. The molecular weight excluding hydrogens is 430 g/mol. The highest BCUT2D eigenvalue weighted by Crippen LogP contribution is 2.46. The second kappa shape index (κ2) is 7.72. The lowest BCUT2D eigenvalue weighted by Gasteiger charge is -2.26. The van der Waals surface area contributed by atoms with E-state index in [4.69, 9.17) is 0 Å². The van der Waals surface area contributed by atoms with Crippen LogP contribution in [0.25, 0.3) is 41.7 Å². The average Bonchev–Trinajstić information content (AvgIpc) is 3.30. The minimum atomic E-state index is 1.16. The van der Waals surface area contributed by atoms with Crippen molar-refractivity contribution in [3.63, 3.8) is 0 Å². The summed E-state index contributed by atoms with van der Waals surface area (Å²) in [6.45, 7) is 0. The summed E-state index contributed by atoms with van der Waals surface area (Å²) in [6.07, 6.45) is 0. The van der Waals surface area contributed by atoms with Gasteiger partial charge in [0.05, 0.1) is 10.4 Å². The van der Waals surface area contributed by atoms with Gasteiger partial charge >= 0.3 is 0 Å². The fourth-order valence-electron chi connectivity index (χ4n) is 5.05. The van der Waals surface area contributed by atoms with Crippen LogP contribution >= 0.6 is 11.3 Å². The molecule has 0 fully saturated rings. The Bertz CT molecular complexity index is 1810. The number of hydrogen-bond donors (Lipinski definition) is 0. The van der Waals surface area contributed by atoms with Crippen molar-refractivity contribution in [2.75, 3.05) is 4.90 Å². The van der Waals surface area contributed by atoms with Gasteiger partial charge < -0.3 is 4.90 Å². The Morgan fingerprint density at radius 2 is 1.18 bits per heavy atom. The molecule has 0 saturated heterocycles. The van der Waals surface area contributed by atoms with Crippen LogP contribution in [0.2, 0.25) is 0 Å². The molecule has 160 valence electrons. The van der Waals surface area contributed by atoms with E-state index in [1.165, 1.54) is 53.1 Å². The number of anilines is 3. The fourth-order valence-corrected chi connectivity index (χ4v) is 6.27. The second-order valence-electron chi connectivity index (χ2n) is 8.62. The summed E-state index contributed by atoms with van der Waals surface area (Å²) in [7, 11) is 0. The Morgan fingerprint density at radius 1 is 0.471 bits per heavy atom. The Morgan fingerprint density at radius 3 is 2.06 bits per heavy atom. The summed E-state index contributed by atoms with van der Waals surface area (Å²) < 4.78 is 2.64. The van der Waals surface area contributed by atoms with E-state index in [-0.39, 0.29) is 0 Å². The molecule has 0 N–H and O–H groups in total. The Labute approximate surface area is 202 Å². The minimum absolute atomic E-state index is 1.16. The first-order valence-corrected chi connectivity index (χ1v) is 12.4. The molecule has 1 heterocycles. The van der Waals surface area contributed by atoms with Gasteiger partial charge in [0.25, 0.3) is 0 Å². The first-order valence-electron chi connectivity index (χ1n) is 11.5. The number of nitrogens with zero attached hydrogens (tertiary/aromatic N) is 1. The first kappa shape index (κ1) is 19.3. The van der Waals surface area contributed by atoms with E-state index < -0.39 is 0 Å². The number of fused-ring (bicyclic) bond motifs is 6. The van der Waals surface area contributed by atoms with Gasteiger partial charge in [-0.15, -0.1) is 11.3 Å². The van der Waals surface area contributed by atoms with E-state index in [0.29, 0.717) is 0 Å². The van der Waals surface area contributed by atoms with Crippen LogP contribution in [-0.4, -0.2) is 0 Å². The first-order chi connectivity index (χ1) is 16.9. The number of para-hydroxylation sites is 1. The Hall–Kier alpha value is -4.14. The molecule has 0 amide bonds. The SMILES string of the molecule is c1ccc(N(c2ccc3ccccc3c2)c2cccc3c2sc2ccc4ccccc4c23)cc1. The van der Waals surface area contributed by atoms with E-state index in [1.807, 2.05) is 11.3 Å². The fraction of sp³-hybridized carbons (Fsp3) is 0. The molecule has 7 aromatic rings. The molecule has 1 nitrogen and oxygen atoms in total. The number of thiophene rings is 1. The predicted molar refractivity (Wildman–Crippen MR) is 149 cm³/mol. The standard InChI is InChI=1S/C32H21NS/c1-2-12-25(13-3-1)33(26-19-17-22-9-4-5-11-24(22)21-26)29-16-8-15-28-31-27-14-7-6-10-23(27)18-20-30(31)34-32(28)29/h1-21H. The molecule has 0 aliphatic heterocycles. The minimum Gasteiger partial charge on any atom is -0.309 e. The van der Waals surface area contributed by atoms with Crippen LogP contribution in [-0.2, 0) is 0 Å². The zero-order valence-electron chi connectivity index (χ0n) is 18.5. The summed E-state index contributed by atoms with van der Waals surface area (Å²) in [5.74, 6) is 0. The third kappa shape index (κ3) is 3.00. The van der Waals surface area contributed by atoms with Crippen molar-refractivity contribution in [1.82, 2.24) is 0 Å². The highest BCUT2D eigenvalue weighted by molar-refractivity contribution is 7.26. The van der Waals surface area contributed by atoms with Gasteiger partial charge in [-0.25, -0.2) is 0 Å². The number of benzene rings is 6. The maximum absolute atomic E-state index is 2.40. The largest absolute Gasteiger partial charge is 0.309 e. The quantitative estimate of drug-likeness (QED) is 0.258. The predicted octanol–water partition coefficient (Wildman–Crippen LogP) is 9.83. The molecule has 0 spiro atoms. The zero-order chi connectivity index (χ0) is 22.5.